The van der Waals surface area contributed by atoms with Gasteiger partial charge in [0.1, 0.15) is 17.1 Å². The molecule has 20 heavy (non-hydrogen) atoms. The summed E-state index contributed by atoms with van der Waals surface area (Å²) in [5.74, 6) is -1.91. The number of carbonyl (C=O) groups is 2. The number of phenolic OH excluding ortho intramolecular Hbond substituents is 1. The Morgan fingerprint density at radius 3 is 2.20 bits per heavy atom. The SMILES string of the molecule is Cc1cc(C(O)=C2C(=O)NC2=O)c(O)c(C)c1N(C)C. The number of aromatic hydroxyl groups is 1. The van der Waals surface area contributed by atoms with Gasteiger partial charge >= 0.3 is 0 Å². The molecular weight excluding hydrogens is 260 g/mol. The first-order valence-corrected chi connectivity index (χ1v) is 6.05. The fourth-order valence-corrected chi connectivity index (χ4v) is 2.45. The monoisotopic (exact) mass is 276 g/mol. The molecule has 0 atom stereocenters. The second kappa shape index (κ2) is 4.56. The van der Waals surface area contributed by atoms with Crippen molar-refractivity contribution in [2.24, 2.45) is 0 Å². The lowest BCUT2D eigenvalue weighted by atomic mass is 9.96. The second-order valence-electron chi connectivity index (χ2n) is 4.96. The molecule has 2 amide bonds. The fourth-order valence-electron chi connectivity index (χ4n) is 2.45. The molecule has 106 valence electrons. The van der Waals surface area contributed by atoms with Crippen LogP contribution in [0.1, 0.15) is 16.7 Å². The number of β-lactam (4-membered cyclic amide) rings is 2. The smallest absolute Gasteiger partial charge is 0.267 e. The van der Waals surface area contributed by atoms with Crippen LogP contribution in [0.5, 0.6) is 5.75 Å². The number of phenols is 1. The zero-order chi connectivity index (χ0) is 15.2. The number of hydrogen-bond acceptors (Lipinski definition) is 5. The summed E-state index contributed by atoms with van der Waals surface area (Å²) in [5, 5.41) is 22.3. The minimum atomic E-state index is -0.640. The number of aryl methyl sites for hydroxylation is 1. The third-order valence-corrected chi connectivity index (χ3v) is 3.32. The first-order chi connectivity index (χ1) is 9.25. The summed E-state index contributed by atoms with van der Waals surface area (Å²) >= 11 is 0. The first-order valence-electron chi connectivity index (χ1n) is 6.05. The maximum Gasteiger partial charge on any atom is 0.267 e. The van der Waals surface area contributed by atoms with E-state index in [0.29, 0.717) is 5.56 Å². The van der Waals surface area contributed by atoms with Gasteiger partial charge in [-0.05, 0) is 25.5 Å². The molecule has 3 N–H and O–H groups in total. The van der Waals surface area contributed by atoms with E-state index in [-0.39, 0.29) is 16.9 Å². The minimum Gasteiger partial charge on any atom is -0.507 e. The third-order valence-electron chi connectivity index (χ3n) is 3.32. The van der Waals surface area contributed by atoms with E-state index in [1.807, 2.05) is 31.2 Å². The molecule has 0 radical (unpaired) electrons. The van der Waals surface area contributed by atoms with Gasteiger partial charge in [0.05, 0.1) is 5.56 Å². The number of nitrogens with zero attached hydrogens (tertiary/aromatic N) is 1. The maximum absolute atomic E-state index is 11.3. The Morgan fingerprint density at radius 1 is 1.20 bits per heavy atom. The molecule has 0 aliphatic carbocycles. The lowest BCUT2D eigenvalue weighted by Gasteiger charge is -2.23. The number of aliphatic hydroxyl groups excluding tert-OH is 1. The summed E-state index contributed by atoms with van der Waals surface area (Å²) in [6.45, 7) is 3.54. The Labute approximate surface area is 116 Å². The van der Waals surface area contributed by atoms with Gasteiger partial charge in [-0.2, -0.15) is 0 Å². The molecule has 0 spiro atoms. The molecule has 6 nitrogen and oxygen atoms in total. The van der Waals surface area contributed by atoms with E-state index < -0.39 is 17.6 Å². The van der Waals surface area contributed by atoms with Gasteiger partial charge < -0.3 is 15.1 Å². The average molecular weight is 276 g/mol. The van der Waals surface area contributed by atoms with Crippen LogP contribution in [0, 0.1) is 13.8 Å². The highest BCUT2D eigenvalue weighted by atomic mass is 16.3. The van der Waals surface area contributed by atoms with Crippen molar-refractivity contribution in [3.8, 4) is 5.75 Å². The highest BCUT2D eigenvalue weighted by Crippen LogP contribution is 2.37. The number of nitrogens with one attached hydrogen (secondary N) is 1. The minimum absolute atomic E-state index is 0.0869. The Kier molecular flexibility index (Phi) is 3.17. The molecule has 2 rings (SSSR count). The number of amides is 2. The predicted molar refractivity (Wildman–Crippen MR) is 74.6 cm³/mol. The lowest BCUT2D eigenvalue weighted by molar-refractivity contribution is -0.134. The van der Waals surface area contributed by atoms with Gasteiger partial charge in [-0.3, -0.25) is 14.9 Å². The largest absolute Gasteiger partial charge is 0.507 e. The Morgan fingerprint density at radius 2 is 1.75 bits per heavy atom. The molecular formula is C14H16N2O4. The predicted octanol–water partition coefficient (Wildman–Crippen LogP) is 1.00. The van der Waals surface area contributed by atoms with E-state index in [1.54, 1.807) is 13.0 Å². The van der Waals surface area contributed by atoms with Crippen LogP contribution in [0.15, 0.2) is 11.6 Å². The second-order valence-corrected chi connectivity index (χ2v) is 4.96. The highest BCUT2D eigenvalue weighted by molar-refractivity contribution is 6.37. The van der Waals surface area contributed by atoms with Crippen molar-refractivity contribution in [2.45, 2.75) is 13.8 Å². The van der Waals surface area contributed by atoms with Gasteiger partial charge in [0.2, 0.25) is 0 Å². The summed E-state index contributed by atoms with van der Waals surface area (Å²) in [6.07, 6.45) is 0. The molecule has 6 heteroatoms. The van der Waals surface area contributed by atoms with Crippen molar-refractivity contribution >= 4 is 23.3 Å². The molecule has 0 bridgehead atoms. The van der Waals surface area contributed by atoms with Crippen molar-refractivity contribution in [3.05, 3.63) is 28.3 Å². The molecule has 1 fully saturated rings. The van der Waals surface area contributed by atoms with Crippen molar-refractivity contribution < 1.29 is 19.8 Å². The van der Waals surface area contributed by atoms with E-state index in [4.69, 9.17) is 0 Å². The first kappa shape index (κ1) is 13.9. The number of benzene rings is 1. The fraction of sp³-hybridized carbons (Fsp3) is 0.286. The van der Waals surface area contributed by atoms with Crippen LogP contribution in [-0.4, -0.2) is 36.1 Å². The molecule has 1 saturated heterocycles. The Balaban J connectivity index is 2.66. The van der Waals surface area contributed by atoms with Crippen LogP contribution in [0.2, 0.25) is 0 Å². The maximum atomic E-state index is 11.3. The van der Waals surface area contributed by atoms with Crippen molar-refractivity contribution in [3.63, 3.8) is 0 Å². The number of rotatable bonds is 2. The molecule has 0 unspecified atom stereocenters. The molecule has 1 aliphatic rings. The number of imide groups is 1. The quantitative estimate of drug-likeness (QED) is 0.324. The molecule has 1 heterocycles. The normalized spacial score (nSPS) is 13.9. The molecule has 0 aromatic heterocycles. The summed E-state index contributed by atoms with van der Waals surface area (Å²) in [5.41, 5.74) is 1.98. The average Bonchev–Trinajstić information content (AvgIpc) is 2.32. The summed E-state index contributed by atoms with van der Waals surface area (Å²) in [4.78, 5) is 24.4. The molecule has 1 aromatic rings. The van der Waals surface area contributed by atoms with E-state index in [1.165, 1.54) is 0 Å². The van der Waals surface area contributed by atoms with Crippen LogP contribution in [0.4, 0.5) is 5.69 Å². The van der Waals surface area contributed by atoms with Crippen molar-refractivity contribution in [1.82, 2.24) is 5.32 Å². The number of anilines is 1. The molecule has 1 aliphatic heterocycles. The van der Waals surface area contributed by atoms with Crippen LogP contribution in [0.25, 0.3) is 5.76 Å². The lowest BCUT2D eigenvalue weighted by Crippen LogP contribution is -2.47. The summed E-state index contributed by atoms with van der Waals surface area (Å²) in [7, 11) is 3.69. The van der Waals surface area contributed by atoms with E-state index in [9.17, 15) is 19.8 Å². The van der Waals surface area contributed by atoms with Gasteiger partial charge in [-0.15, -0.1) is 0 Å². The van der Waals surface area contributed by atoms with Gasteiger partial charge in [-0.25, -0.2) is 0 Å². The van der Waals surface area contributed by atoms with Crippen molar-refractivity contribution in [2.75, 3.05) is 19.0 Å². The number of hydrogen-bond donors (Lipinski definition) is 3. The van der Waals surface area contributed by atoms with Crippen LogP contribution < -0.4 is 10.2 Å². The molecule has 0 saturated carbocycles. The van der Waals surface area contributed by atoms with E-state index in [2.05, 4.69) is 0 Å². The zero-order valence-electron chi connectivity index (χ0n) is 11.7. The van der Waals surface area contributed by atoms with Crippen molar-refractivity contribution in [1.29, 1.82) is 0 Å². The van der Waals surface area contributed by atoms with Gasteiger partial charge in [-0.1, -0.05) is 0 Å². The third kappa shape index (κ3) is 1.89. The molecule has 1 aromatic carbocycles. The number of carbonyl (C=O) groups excluding carboxylic acids is 2. The van der Waals surface area contributed by atoms with E-state index in [0.717, 1.165) is 11.3 Å². The zero-order valence-corrected chi connectivity index (χ0v) is 11.7. The Bertz CT molecular complexity index is 644. The van der Waals surface area contributed by atoms with E-state index >= 15 is 0 Å². The number of aliphatic hydroxyl groups is 1. The van der Waals surface area contributed by atoms with Gasteiger partial charge in [0.25, 0.3) is 11.8 Å². The topological polar surface area (TPSA) is 89.9 Å². The van der Waals surface area contributed by atoms with Gasteiger partial charge in [0.15, 0.2) is 0 Å². The Hall–Kier alpha value is -2.50. The summed E-state index contributed by atoms with van der Waals surface area (Å²) < 4.78 is 0. The van der Waals surface area contributed by atoms with Crippen LogP contribution in [-0.2, 0) is 9.59 Å². The highest BCUT2D eigenvalue weighted by Gasteiger charge is 2.36. The van der Waals surface area contributed by atoms with Crippen LogP contribution in [0.3, 0.4) is 0 Å². The standard InChI is InChI=1S/C14H16N2O4/c1-6-5-8(11(17)7(2)10(6)16(3)4)12(18)9-13(19)15-14(9)20/h5,17-18H,1-4H3,(H,15,19,20). The van der Waals surface area contributed by atoms with Crippen LogP contribution >= 0.6 is 0 Å². The van der Waals surface area contributed by atoms with Gasteiger partial charge in [0, 0.05) is 25.3 Å². The summed E-state index contributed by atoms with van der Waals surface area (Å²) in [6, 6.07) is 1.55.